The first kappa shape index (κ1) is 14.3. The Labute approximate surface area is 116 Å². The average Bonchev–Trinajstić information content (AvgIpc) is 2.38. The van der Waals surface area contributed by atoms with Crippen LogP contribution in [-0.4, -0.2) is 29.1 Å². The predicted octanol–water partition coefficient (Wildman–Crippen LogP) is 2.34. The summed E-state index contributed by atoms with van der Waals surface area (Å²) in [6, 6.07) is 2.31. The standard InChI is InChI=1S/C15H26N4/c1-11(16)12-6-9-19(10-7-12)14-17-8-5-13(18-14)15(2,3)4/h5,8,11-12H,6-7,9-10,16H2,1-4H3. The molecule has 19 heavy (non-hydrogen) atoms. The third-order valence-corrected chi connectivity index (χ3v) is 3.98. The van der Waals surface area contributed by atoms with E-state index in [4.69, 9.17) is 10.7 Å². The van der Waals surface area contributed by atoms with Crippen molar-refractivity contribution in [3.63, 3.8) is 0 Å². The molecular weight excluding hydrogens is 236 g/mol. The van der Waals surface area contributed by atoms with Crippen molar-refractivity contribution in [2.45, 2.75) is 52.0 Å². The molecular formula is C15H26N4. The molecule has 1 fully saturated rings. The van der Waals surface area contributed by atoms with E-state index in [0.29, 0.717) is 12.0 Å². The van der Waals surface area contributed by atoms with E-state index in [2.05, 4.69) is 37.6 Å². The molecule has 1 unspecified atom stereocenters. The number of aromatic nitrogens is 2. The van der Waals surface area contributed by atoms with Crippen molar-refractivity contribution in [1.29, 1.82) is 0 Å². The van der Waals surface area contributed by atoms with E-state index in [1.807, 2.05) is 12.3 Å². The van der Waals surface area contributed by atoms with Gasteiger partial charge < -0.3 is 10.6 Å². The van der Waals surface area contributed by atoms with Gasteiger partial charge in [-0.3, -0.25) is 0 Å². The van der Waals surface area contributed by atoms with Crippen LogP contribution in [0.25, 0.3) is 0 Å². The second kappa shape index (κ2) is 5.45. The number of anilines is 1. The zero-order chi connectivity index (χ0) is 14.0. The molecule has 2 heterocycles. The second-order valence-corrected chi connectivity index (χ2v) is 6.68. The summed E-state index contributed by atoms with van der Waals surface area (Å²) in [4.78, 5) is 11.4. The molecule has 4 nitrogen and oxygen atoms in total. The van der Waals surface area contributed by atoms with Crippen LogP contribution in [0, 0.1) is 5.92 Å². The van der Waals surface area contributed by atoms with E-state index in [-0.39, 0.29) is 5.41 Å². The second-order valence-electron chi connectivity index (χ2n) is 6.68. The molecule has 1 aromatic rings. The van der Waals surface area contributed by atoms with Crippen LogP contribution in [0.1, 0.15) is 46.2 Å². The molecule has 1 aliphatic rings. The fraction of sp³-hybridized carbons (Fsp3) is 0.733. The maximum absolute atomic E-state index is 5.98. The number of piperidine rings is 1. The van der Waals surface area contributed by atoms with Crippen molar-refractivity contribution in [2.24, 2.45) is 11.7 Å². The molecule has 0 aromatic carbocycles. The first-order chi connectivity index (χ1) is 8.88. The minimum absolute atomic E-state index is 0.0712. The lowest BCUT2D eigenvalue weighted by molar-refractivity contribution is 0.352. The van der Waals surface area contributed by atoms with Crippen molar-refractivity contribution < 1.29 is 0 Å². The smallest absolute Gasteiger partial charge is 0.225 e. The van der Waals surface area contributed by atoms with Gasteiger partial charge in [0.1, 0.15) is 0 Å². The van der Waals surface area contributed by atoms with Crippen molar-refractivity contribution in [3.05, 3.63) is 18.0 Å². The van der Waals surface area contributed by atoms with Gasteiger partial charge in [-0.25, -0.2) is 9.97 Å². The highest BCUT2D eigenvalue weighted by Gasteiger charge is 2.24. The van der Waals surface area contributed by atoms with Gasteiger partial charge in [-0.2, -0.15) is 0 Å². The third kappa shape index (κ3) is 3.44. The third-order valence-electron chi connectivity index (χ3n) is 3.98. The summed E-state index contributed by atoms with van der Waals surface area (Å²) in [6.45, 7) is 10.7. The molecule has 1 aliphatic heterocycles. The van der Waals surface area contributed by atoms with Crippen LogP contribution < -0.4 is 10.6 Å². The van der Waals surface area contributed by atoms with Gasteiger partial charge in [0.05, 0.1) is 5.69 Å². The SMILES string of the molecule is CC(N)C1CCN(c2nccc(C(C)(C)C)n2)CC1. The Hall–Kier alpha value is -1.16. The molecule has 0 aliphatic carbocycles. The first-order valence-electron chi connectivity index (χ1n) is 7.22. The van der Waals surface area contributed by atoms with Gasteiger partial charge >= 0.3 is 0 Å². The van der Waals surface area contributed by atoms with Crippen molar-refractivity contribution in [1.82, 2.24) is 9.97 Å². The number of nitrogens with zero attached hydrogens (tertiary/aromatic N) is 3. The normalized spacial score (nSPS) is 19.5. The molecule has 0 radical (unpaired) electrons. The van der Waals surface area contributed by atoms with E-state index < -0.39 is 0 Å². The number of nitrogens with two attached hydrogens (primary N) is 1. The van der Waals surface area contributed by atoms with Crippen LogP contribution in [0.3, 0.4) is 0 Å². The maximum atomic E-state index is 5.98. The van der Waals surface area contributed by atoms with Crippen LogP contribution in [0.5, 0.6) is 0 Å². The average molecular weight is 262 g/mol. The quantitative estimate of drug-likeness (QED) is 0.889. The Balaban J connectivity index is 2.08. The van der Waals surface area contributed by atoms with Crippen molar-refractivity contribution in [3.8, 4) is 0 Å². The molecule has 2 N–H and O–H groups in total. The Morgan fingerprint density at radius 3 is 2.47 bits per heavy atom. The lowest BCUT2D eigenvalue weighted by Gasteiger charge is -2.34. The Kier molecular flexibility index (Phi) is 4.09. The van der Waals surface area contributed by atoms with Gasteiger partial charge in [0, 0.05) is 30.7 Å². The van der Waals surface area contributed by atoms with Crippen LogP contribution in [0.4, 0.5) is 5.95 Å². The van der Waals surface area contributed by atoms with Gasteiger partial charge in [-0.1, -0.05) is 20.8 Å². The van der Waals surface area contributed by atoms with E-state index in [1.165, 1.54) is 0 Å². The van der Waals surface area contributed by atoms with E-state index >= 15 is 0 Å². The highest BCUT2D eigenvalue weighted by atomic mass is 15.3. The number of hydrogen-bond donors (Lipinski definition) is 1. The molecule has 106 valence electrons. The Morgan fingerprint density at radius 1 is 1.32 bits per heavy atom. The Morgan fingerprint density at radius 2 is 1.95 bits per heavy atom. The van der Waals surface area contributed by atoms with Gasteiger partial charge in [0.25, 0.3) is 0 Å². The number of rotatable bonds is 2. The Bertz CT molecular complexity index is 414. The van der Waals surface area contributed by atoms with Crippen LogP contribution in [0.15, 0.2) is 12.3 Å². The van der Waals surface area contributed by atoms with E-state index in [0.717, 1.165) is 37.6 Å². The predicted molar refractivity (Wildman–Crippen MR) is 79.3 cm³/mol. The van der Waals surface area contributed by atoms with Gasteiger partial charge in [-0.15, -0.1) is 0 Å². The summed E-state index contributed by atoms with van der Waals surface area (Å²) < 4.78 is 0. The van der Waals surface area contributed by atoms with Gasteiger partial charge in [0.2, 0.25) is 5.95 Å². The van der Waals surface area contributed by atoms with Gasteiger partial charge in [-0.05, 0) is 31.7 Å². The van der Waals surface area contributed by atoms with Crippen molar-refractivity contribution >= 4 is 5.95 Å². The summed E-state index contributed by atoms with van der Waals surface area (Å²) in [5.41, 5.74) is 7.16. The molecule has 0 saturated carbocycles. The minimum atomic E-state index is 0.0712. The highest BCUT2D eigenvalue weighted by molar-refractivity contribution is 5.32. The zero-order valence-corrected chi connectivity index (χ0v) is 12.6. The molecule has 4 heteroatoms. The molecule has 1 aromatic heterocycles. The zero-order valence-electron chi connectivity index (χ0n) is 12.6. The summed E-state index contributed by atoms with van der Waals surface area (Å²) in [7, 11) is 0. The lowest BCUT2D eigenvalue weighted by Crippen LogP contribution is -2.40. The first-order valence-corrected chi connectivity index (χ1v) is 7.22. The van der Waals surface area contributed by atoms with Crippen LogP contribution in [0.2, 0.25) is 0 Å². The monoisotopic (exact) mass is 262 g/mol. The fourth-order valence-corrected chi connectivity index (χ4v) is 2.54. The summed E-state index contributed by atoms with van der Waals surface area (Å²) in [6.07, 6.45) is 4.15. The molecule has 0 spiro atoms. The van der Waals surface area contributed by atoms with E-state index in [9.17, 15) is 0 Å². The van der Waals surface area contributed by atoms with Crippen LogP contribution >= 0.6 is 0 Å². The molecule has 1 atom stereocenters. The largest absolute Gasteiger partial charge is 0.341 e. The summed E-state index contributed by atoms with van der Waals surface area (Å²) in [5.74, 6) is 1.51. The lowest BCUT2D eigenvalue weighted by atomic mass is 9.91. The maximum Gasteiger partial charge on any atom is 0.225 e. The molecule has 0 amide bonds. The molecule has 1 saturated heterocycles. The fourth-order valence-electron chi connectivity index (χ4n) is 2.54. The van der Waals surface area contributed by atoms with Gasteiger partial charge in [0.15, 0.2) is 0 Å². The van der Waals surface area contributed by atoms with Crippen molar-refractivity contribution in [2.75, 3.05) is 18.0 Å². The topological polar surface area (TPSA) is 55.0 Å². The summed E-state index contributed by atoms with van der Waals surface area (Å²) >= 11 is 0. The summed E-state index contributed by atoms with van der Waals surface area (Å²) in [5, 5.41) is 0. The van der Waals surface area contributed by atoms with Crippen LogP contribution in [-0.2, 0) is 5.41 Å². The number of hydrogen-bond acceptors (Lipinski definition) is 4. The van der Waals surface area contributed by atoms with E-state index in [1.54, 1.807) is 0 Å². The highest BCUT2D eigenvalue weighted by Crippen LogP contribution is 2.25. The molecule has 2 rings (SSSR count). The minimum Gasteiger partial charge on any atom is -0.341 e. The molecule has 0 bridgehead atoms.